The summed E-state index contributed by atoms with van der Waals surface area (Å²) in [4.78, 5) is 70.1. The Balaban J connectivity index is 1.56. The summed E-state index contributed by atoms with van der Waals surface area (Å²) in [5.41, 5.74) is 0. The van der Waals surface area contributed by atoms with Crippen molar-refractivity contribution in [1.82, 2.24) is 0 Å². The van der Waals surface area contributed by atoms with Crippen LogP contribution in [0.5, 0.6) is 0 Å². The van der Waals surface area contributed by atoms with Gasteiger partial charge in [0.1, 0.15) is 12.2 Å². The standard InChI is InChI=1S/C27H40O14/c1-15(27(35)39-14-26(34)37-12-19-5-7-23(21(31)10-19)41-17(3)29)8-24(32)38-13-25(33)36-11-18-4-6-22(20(30)9-18)40-16(2)28/h15,18-23,30-31H,4-14H2,1-3H3. The highest BCUT2D eigenvalue weighted by Gasteiger charge is 2.33. The molecule has 0 bridgehead atoms. The lowest BCUT2D eigenvalue weighted by Gasteiger charge is -2.32. The van der Waals surface area contributed by atoms with E-state index in [4.69, 9.17) is 28.4 Å². The molecule has 2 aliphatic rings. The third kappa shape index (κ3) is 12.9. The molecule has 2 rings (SSSR count). The largest absolute Gasteiger partial charge is 0.463 e. The molecule has 14 heteroatoms. The number of aliphatic hydroxyl groups is 2. The zero-order valence-corrected chi connectivity index (χ0v) is 23.6. The molecule has 0 spiro atoms. The van der Waals surface area contributed by atoms with Crippen LogP contribution >= 0.6 is 0 Å². The van der Waals surface area contributed by atoms with Gasteiger partial charge in [0.05, 0.1) is 37.8 Å². The molecule has 2 fully saturated rings. The summed E-state index contributed by atoms with van der Waals surface area (Å²) in [5.74, 6) is -5.42. The maximum Gasteiger partial charge on any atom is 0.344 e. The van der Waals surface area contributed by atoms with Crippen LogP contribution in [-0.2, 0) is 57.2 Å². The second-order valence-corrected chi connectivity index (χ2v) is 10.5. The van der Waals surface area contributed by atoms with E-state index in [1.54, 1.807) is 0 Å². The first-order valence-corrected chi connectivity index (χ1v) is 13.7. The minimum atomic E-state index is -0.952. The number of hydrogen-bond donors (Lipinski definition) is 2. The summed E-state index contributed by atoms with van der Waals surface area (Å²) in [5, 5.41) is 20.2. The van der Waals surface area contributed by atoms with Crippen LogP contribution in [0.3, 0.4) is 0 Å². The molecule has 0 aliphatic heterocycles. The molecular weight excluding hydrogens is 548 g/mol. The van der Waals surface area contributed by atoms with Gasteiger partial charge in [-0.3, -0.25) is 19.2 Å². The average Bonchev–Trinajstić information content (AvgIpc) is 2.90. The van der Waals surface area contributed by atoms with Gasteiger partial charge in [0, 0.05) is 13.8 Å². The van der Waals surface area contributed by atoms with Crippen LogP contribution in [0.2, 0.25) is 0 Å². The van der Waals surface area contributed by atoms with E-state index in [9.17, 15) is 39.0 Å². The molecule has 0 aromatic rings. The van der Waals surface area contributed by atoms with Crippen molar-refractivity contribution in [2.75, 3.05) is 26.4 Å². The maximum atomic E-state index is 12.1. The van der Waals surface area contributed by atoms with E-state index in [-0.39, 0.29) is 25.0 Å². The van der Waals surface area contributed by atoms with E-state index in [0.29, 0.717) is 38.5 Å². The highest BCUT2D eigenvalue weighted by Crippen LogP contribution is 2.28. The van der Waals surface area contributed by atoms with Crippen molar-refractivity contribution >= 4 is 35.8 Å². The van der Waals surface area contributed by atoms with Gasteiger partial charge in [-0.15, -0.1) is 0 Å². The second-order valence-electron chi connectivity index (χ2n) is 10.5. The van der Waals surface area contributed by atoms with Crippen LogP contribution in [-0.4, -0.2) is 96.9 Å². The van der Waals surface area contributed by atoms with Crippen molar-refractivity contribution in [3.8, 4) is 0 Å². The molecule has 0 aromatic carbocycles. The van der Waals surface area contributed by atoms with Gasteiger partial charge in [-0.1, -0.05) is 6.92 Å². The summed E-state index contributed by atoms with van der Waals surface area (Å²) in [6.07, 6.45) is -0.650. The smallest absolute Gasteiger partial charge is 0.344 e. The number of carbonyl (C=O) groups excluding carboxylic acids is 6. The number of esters is 6. The predicted molar refractivity (Wildman–Crippen MR) is 135 cm³/mol. The molecule has 41 heavy (non-hydrogen) atoms. The normalized spacial score (nSPS) is 26.6. The van der Waals surface area contributed by atoms with Crippen LogP contribution in [0.15, 0.2) is 0 Å². The quantitative estimate of drug-likeness (QED) is 0.221. The van der Waals surface area contributed by atoms with E-state index >= 15 is 0 Å². The van der Waals surface area contributed by atoms with Crippen molar-refractivity contribution in [3.63, 3.8) is 0 Å². The fourth-order valence-electron chi connectivity index (χ4n) is 4.72. The Morgan fingerprint density at radius 2 is 1.10 bits per heavy atom. The fourth-order valence-corrected chi connectivity index (χ4v) is 4.72. The summed E-state index contributed by atoms with van der Waals surface area (Å²) >= 11 is 0. The second kappa shape index (κ2) is 16.9. The van der Waals surface area contributed by atoms with E-state index in [1.807, 2.05) is 0 Å². The van der Waals surface area contributed by atoms with Crippen molar-refractivity contribution in [2.24, 2.45) is 17.8 Å². The topological polar surface area (TPSA) is 198 Å². The summed E-state index contributed by atoms with van der Waals surface area (Å²) in [6, 6.07) is 0. The molecule has 0 radical (unpaired) electrons. The number of aliphatic hydroxyl groups excluding tert-OH is 2. The van der Waals surface area contributed by atoms with Crippen LogP contribution in [0, 0.1) is 17.8 Å². The van der Waals surface area contributed by atoms with Gasteiger partial charge in [0.15, 0.2) is 13.2 Å². The van der Waals surface area contributed by atoms with Crippen LogP contribution in [0.1, 0.15) is 65.7 Å². The molecule has 0 saturated heterocycles. The Hall–Kier alpha value is -3.26. The Bertz CT molecular complexity index is 933. The maximum absolute atomic E-state index is 12.1. The Morgan fingerprint density at radius 3 is 1.51 bits per heavy atom. The minimum Gasteiger partial charge on any atom is -0.463 e. The molecule has 7 unspecified atom stereocenters. The molecule has 2 N–H and O–H groups in total. The first kappa shape index (κ1) is 33.9. The third-order valence-corrected chi connectivity index (χ3v) is 6.88. The van der Waals surface area contributed by atoms with Crippen LogP contribution in [0.25, 0.3) is 0 Å². The molecule has 0 heterocycles. The van der Waals surface area contributed by atoms with Gasteiger partial charge in [0.2, 0.25) is 0 Å². The van der Waals surface area contributed by atoms with E-state index in [0.717, 1.165) is 0 Å². The Labute approximate surface area is 237 Å². The van der Waals surface area contributed by atoms with Gasteiger partial charge in [-0.25, -0.2) is 9.59 Å². The summed E-state index contributed by atoms with van der Waals surface area (Å²) in [7, 11) is 0. The molecule has 0 amide bonds. The first-order valence-electron chi connectivity index (χ1n) is 13.7. The lowest BCUT2D eigenvalue weighted by atomic mass is 9.86. The van der Waals surface area contributed by atoms with E-state index < -0.39 is 85.8 Å². The Kier molecular flexibility index (Phi) is 14.0. The van der Waals surface area contributed by atoms with Gasteiger partial charge >= 0.3 is 35.8 Å². The minimum absolute atomic E-state index is 0.00828. The first-order chi connectivity index (χ1) is 19.3. The average molecular weight is 589 g/mol. The van der Waals surface area contributed by atoms with Gasteiger partial charge in [0.25, 0.3) is 0 Å². The zero-order valence-electron chi connectivity index (χ0n) is 23.6. The monoisotopic (exact) mass is 588 g/mol. The number of rotatable bonds is 13. The SMILES string of the molecule is CC(=O)OC1CCC(COC(=O)COC(=O)CC(C)C(=O)OCC(=O)OCC2CCC(OC(C)=O)C(O)C2)CC1O. The van der Waals surface area contributed by atoms with E-state index in [2.05, 4.69) is 0 Å². The van der Waals surface area contributed by atoms with Crippen molar-refractivity contribution in [1.29, 1.82) is 0 Å². The number of hydrogen-bond acceptors (Lipinski definition) is 14. The molecule has 0 aromatic heterocycles. The van der Waals surface area contributed by atoms with Crippen LogP contribution < -0.4 is 0 Å². The molecule has 232 valence electrons. The molecule has 14 nitrogen and oxygen atoms in total. The van der Waals surface area contributed by atoms with Crippen molar-refractivity contribution in [3.05, 3.63) is 0 Å². The predicted octanol–water partition coefficient (Wildman–Crippen LogP) is 0.371. The highest BCUT2D eigenvalue weighted by atomic mass is 16.6. The summed E-state index contributed by atoms with van der Waals surface area (Å²) < 4.78 is 30.0. The van der Waals surface area contributed by atoms with E-state index in [1.165, 1.54) is 20.8 Å². The van der Waals surface area contributed by atoms with Crippen LogP contribution in [0.4, 0.5) is 0 Å². The Morgan fingerprint density at radius 1 is 0.659 bits per heavy atom. The molecule has 2 aliphatic carbocycles. The molecule has 7 atom stereocenters. The lowest BCUT2D eigenvalue weighted by Crippen LogP contribution is -2.38. The third-order valence-electron chi connectivity index (χ3n) is 6.88. The van der Waals surface area contributed by atoms with Gasteiger partial charge in [-0.05, 0) is 50.4 Å². The van der Waals surface area contributed by atoms with Gasteiger partial charge in [-0.2, -0.15) is 0 Å². The molecule has 2 saturated carbocycles. The van der Waals surface area contributed by atoms with Crippen molar-refractivity contribution < 1.29 is 67.4 Å². The van der Waals surface area contributed by atoms with Gasteiger partial charge < -0.3 is 38.6 Å². The zero-order chi connectivity index (χ0) is 30.5. The van der Waals surface area contributed by atoms with Crippen molar-refractivity contribution in [2.45, 2.75) is 90.1 Å². The summed E-state index contributed by atoms with van der Waals surface area (Å²) in [6.45, 7) is 2.63. The number of ether oxygens (including phenoxy) is 6. The molecular formula is C27H40O14. The fraction of sp³-hybridized carbons (Fsp3) is 0.778. The number of carbonyl (C=O) groups is 6. The lowest BCUT2D eigenvalue weighted by molar-refractivity contribution is -0.166. The highest BCUT2D eigenvalue weighted by molar-refractivity contribution is 5.82.